The van der Waals surface area contributed by atoms with E-state index in [1.807, 2.05) is 36.4 Å². The van der Waals surface area contributed by atoms with Crippen molar-refractivity contribution >= 4 is 32.4 Å². The Kier molecular flexibility index (Phi) is 6.80. The van der Waals surface area contributed by atoms with E-state index >= 15 is 0 Å². The minimum absolute atomic E-state index is 0.715. The Labute approximate surface area is 278 Å². The maximum absolute atomic E-state index is 5.26. The standard InChI is InChI=1S/C45H29N3/c1-4-13-32(14-5-1)41-29-42(48-45(47-41)35-17-8-3-9-18-35)33-22-20-30(21-23-33)36-25-27-40-39(28-36)38-26-24-31-12-10-11-19-37(31)43(38)44(46-40)34-15-6-2-7-16-34/h1-29H. The van der Waals surface area contributed by atoms with Gasteiger partial charge in [-0.25, -0.2) is 15.0 Å². The molecular weight excluding hydrogens is 583 g/mol. The molecule has 0 unspecified atom stereocenters. The maximum atomic E-state index is 5.26. The van der Waals surface area contributed by atoms with Crippen LogP contribution in [0.1, 0.15) is 0 Å². The van der Waals surface area contributed by atoms with Crippen molar-refractivity contribution in [2.45, 2.75) is 0 Å². The quantitative estimate of drug-likeness (QED) is 0.182. The number of nitrogens with zero attached hydrogens (tertiary/aromatic N) is 3. The Hall–Kier alpha value is -6.45. The molecule has 3 heteroatoms. The van der Waals surface area contributed by atoms with Gasteiger partial charge in [-0.2, -0.15) is 0 Å². The molecule has 7 aromatic carbocycles. The van der Waals surface area contributed by atoms with Crippen LogP contribution in [0.15, 0.2) is 176 Å². The summed E-state index contributed by atoms with van der Waals surface area (Å²) in [5.74, 6) is 0.715. The van der Waals surface area contributed by atoms with Crippen molar-refractivity contribution in [3.05, 3.63) is 176 Å². The van der Waals surface area contributed by atoms with Gasteiger partial charge in [0.1, 0.15) is 0 Å². The highest BCUT2D eigenvalue weighted by Gasteiger charge is 2.15. The fourth-order valence-corrected chi connectivity index (χ4v) is 6.66. The molecule has 0 aliphatic heterocycles. The highest BCUT2D eigenvalue weighted by molar-refractivity contribution is 6.21. The first kappa shape index (κ1) is 27.8. The number of rotatable bonds is 5. The van der Waals surface area contributed by atoms with Gasteiger partial charge in [0, 0.05) is 33.0 Å². The Morgan fingerprint density at radius 3 is 1.58 bits per heavy atom. The first-order valence-corrected chi connectivity index (χ1v) is 16.2. The third-order valence-electron chi connectivity index (χ3n) is 9.07. The third kappa shape index (κ3) is 4.99. The second kappa shape index (κ2) is 11.7. The van der Waals surface area contributed by atoms with Gasteiger partial charge >= 0.3 is 0 Å². The van der Waals surface area contributed by atoms with Crippen molar-refractivity contribution in [2.75, 3.05) is 0 Å². The average molecular weight is 612 g/mol. The number of aromatic nitrogens is 3. The largest absolute Gasteiger partial charge is 0.247 e. The predicted molar refractivity (Wildman–Crippen MR) is 200 cm³/mol. The molecule has 0 saturated heterocycles. The van der Waals surface area contributed by atoms with E-state index in [4.69, 9.17) is 15.0 Å². The first-order chi connectivity index (χ1) is 23.8. The molecule has 3 nitrogen and oxygen atoms in total. The van der Waals surface area contributed by atoms with E-state index in [1.165, 1.54) is 21.5 Å². The number of pyridine rings is 1. The molecule has 48 heavy (non-hydrogen) atoms. The minimum Gasteiger partial charge on any atom is -0.247 e. The van der Waals surface area contributed by atoms with Gasteiger partial charge in [-0.15, -0.1) is 0 Å². The molecule has 2 aromatic heterocycles. The Morgan fingerprint density at radius 2 is 0.875 bits per heavy atom. The lowest BCUT2D eigenvalue weighted by molar-refractivity contribution is 1.18. The molecule has 0 aliphatic rings. The molecule has 0 spiro atoms. The highest BCUT2D eigenvalue weighted by Crippen LogP contribution is 2.39. The summed E-state index contributed by atoms with van der Waals surface area (Å²) >= 11 is 0. The number of benzene rings is 7. The predicted octanol–water partition coefficient (Wildman–Crippen LogP) is 11.7. The van der Waals surface area contributed by atoms with Crippen molar-refractivity contribution in [1.29, 1.82) is 0 Å². The second-order valence-electron chi connectivity index (χ2n) is 12.0. The van der Waals surface area contributed by atoms with E-state index in [2.05, 4.69) is 140 Å². The lowest BCUT2D eigenvalue weighted by Gasteiger charge is -2.14. The molecule has 9 aromatic rings. The third-order valence-corrected chi connectivity index (χ3v) is 9.07. The summed E-state index contributed by atoms with van der Waals surface area (Å²) in [6, 6.07) is 61.4. The van der Waals surface area contributed by atoms with Gasteiger partial charge in [-0.1, -0.05) is 158 Å². The molecule has 224 valence electrons. The summed E-state index contributed by atoms with van der Waals surface area (Å²) in [5, 5.41) is 5.97. The van der Waals surface area contributed by atoms with Crippen molar-refractivity contribution in [2.24, 2.45) is 0 Å². The van der Waals surface area contributed by atoms with Crippen molar-refractivity contribution in [3.8, 4) is 56.3 Å². The van der Waals surface area contributed by atoms with Gasteiger partial charge < -0.3 is 0 Å². The number of fused-ring (bicyclic) bond motifs is 5. The van der Waals surface area contributed by atoms with Crippen LogP contribution in [0, 0.1) is 0 Å². The molecule has 0 saturated carbocycles. The molecule has 0 fully saturated rings. The topological polar surface area (TPSA) is 38.7 Å². The molecule has 9 rings (SSSR count). The normalized spacial score (nSPS) is 11.3. The molecule has 0 bridgehead atoms. The summed E-state index contributed by atoms with van der Waals surface area (Å²) in [6.45, 7) is 0. The summed E-state index contributed by atoms with van der Waals surface area (Å²) in [7, 11) is 0. The minimum atomic E-state index is 0.715. The molecule has 0 amide bonds. The summed E-state index contributed by atoms with van der Waals surface area (Å²) in [6.07, 6.45) is 0. The van der Waals surface area contributed by atoms with Crippen LogP contribution in [-0.4, -0.2) is 15.0 Å². The average Bonchev–Trinajstić information content (AvgIpc) is 3.18. The van der Waals surface area contributed by atoms with Gasteiger partial charge in [0.2, 0.25) is 0 Å². The van der Waals surface area contributed by atoms with Crippen LogP contribution in [0.2, 0.25) is 0 Å². The molecule has 0 radical (unpaired) electrons. The van der Waals surface area contributed by atoms with Gasteiger partial charge in [-0.05, 0) is 45.5 Å². The van der Waals surface area contributed by atoms with Crippen LogP contribution in [-0.2, 0) is 0 Å². The number of hydrogen-bond acceptors (Lipinski definition) is 3. The maximum Gasteiger partial charge on any atom is 0.160 e. The van der Waals surface area contributed by atoms with Crippen LogP contribution < -0.4 is 0 Å². The van der Waals surface area contributed by atoms with Gasteiger partial charge in [0.25, 0.3) is 0 Å². The Bertz CT molecular complexity index is 2520. The van der Waals surface area contributed by atoms with Crippen molar-refractivity contribution in [3.63, 3.8) is 0 Å². The Balaban J connectivity index is 1.16. The van der Waals surface area contributed by atoms with Crippen molar-refractivity contribution < 1.29 is 0 Å². The van der Waals surface area contributed by atoms with E-state index in [1.54, 1.807) is 0 Å². The second-order valence-corrected chi connectivity index (χ2v) is 12.0. The fraction of sp³-hybridized carbons (Fsp3) is 0. The SMILES string of the molecule is c1ccc(-c2cc(-c3ccc(-c4ccc5nc(-c6ccccc6)c6c7ccccc7ccc6c5c4)cc3)nc(-c3ccccc3)n2)cc1. The molecule has 2 heterocycles. The van der Waals surface area contributed by atoms with Crippen LogP contribution >= 0.6 is 0 Å². The fourth-order valence-electron chi connectivity index (χ4n) is 6.66. The summed E-state index contributed by atoms with van der Waals surface area (Å²) < 4.78 is 0. The highest BCUT2D eigenvalue weighted by atomic mass is 14.9. The van der Waals surface area contributed by atoms with E-state index in [0.29, 0.717) is 5.82 Å². The summed E-state index contributed by atoms with van der Waals surface area (Å²) in [5.41, 5.74) is 10.3. The molecule has 0 N–H and O–H groups in total. The lowest BCUT2D eigenvalue weighted by atomic mass is 9.93. The van der Waals surface area contributed by atoms with Crippen LogP contribution in [0.5, 0.6) is 0 Å². The van der Waals surface area contributed by atoms with E-state index in [0.717, 1.165) is 61.4 Å². The van der Waals surface area contributed by atoms with Crippen molar-refractivity contribution in [1.82, 2.24) is 15.0 Å². The van der Waals surface area contributed by atoms with Crippen LogP contribution in [0.3, 0.4) is 0 Å². The van der Waals surface area contributed by atoms with Gasteiger partial charge in [-0.3, -0.25) is 0 Å². The first-order valence-electron chi connectivity index (χ1n) is 16.2. The molecule has 0 aliphatic carbocycles. The van der Waals surface area contributed by atoms with E-state index in [-0.39, 0.29) is 0 Å². The monoisotopic (exact) mass is 611 g/mol. The zero-order valence-electron chi connectivity index (χ0n) is 26.1. The van der Waals surface area contributed by atoms with E-state index in [9.17, 15) is 0 Å². The summed E-state index contributed by atoms with van der Waals surface area (Å²) in [4.78, 5) is 15.2. The van der Waals surface area contributed by atoms with Gasteiger partial charge in [0.15, 0.2) is 5.82 Å². The van der Waals surface area contributed by atoms with Crippen LogP contribution in [0.4, 0.5) is 0 Å². The smallest absolute Gasteiger partial charge is 0.160 e. The number of hydrogen-bond donors (Lipinski definition) is 0. The van der Waals surface area contributed by atoms with Gasteiger partial charge in [0.05, 0.1) is 22.6 Å². The Morgan fingerprint density at radius 1 is 0.312 bits per heavy atom. The zero-order valence-corrected chi connectivity index (χ0v) is 26.1. The van der Waals surface area contributed by atoms with Crippen LogP contribution in [0.25, 0.3) is 88.7 Å². The molecular formula is C45H29N3. The zero-order chi connectivity index (χ0) is 31.9. The molecule has 0 atom stereocenters. The lowest BCUT2D eigenvalue weighted by Crippen LogP contribution is -1.95. The van der Waals surface area contributed by atoms with E-state index < -0.39 is 0 Å².